The van der Waals surface area contributed by atoms with Crippen LogP contribution in [0.15, 0.2) is 12.3 Å². The molecular weight excluding hydrogens is 152 g/mol. The molecule has 1 aromatic heterocycles. The summed E-state index contributed by atoms with van der Waals surface area (Å²) in [5.74, 6) is 0. The summed E-state index contributed by atoms with van der Waals surface area (Å²) in [6.07, 6.45) is 1.81. The highest BCUT2D eigenvalue weighted by molar-refractivity contribution is 5.04. The highest BCUT2D eigenvalue weighted by Crippen LogP contribution is 2.09. The lowest BCUT2D eigenvalue weighted by molar-refractivity contribution is 0.246. The van der Waals surface area contributed by atoms with Crippen LogP contribution in [0.3, 0.4) is 0 Å². The van der Waals surface area contributed by atoms with Crippen LogP contribution in [0.4, 0.5) is 0 Å². The Balaban J connectivity index is 2.65. The van der Waals surface area contributed by atoms with Gasteiger partial charge in [0.25, 0.3) is 0 Å². The summed E-state index contributed by atoms with van der Waals surface area (Å²) in [5.41, 5.74) is 4.44. The second-order valence-electron chi connectivity index (χ2n) is 3.12. The number of rotatable bonds is 3. The van der Waals surface area contributed by atoms with E-state index in [9.17, 15) is 0 Å². The molecule has 1 N–H and O–H groups in total. The molecule has 0 spiro atoms. The molecular formula is C8H16N4. The minimum absolute atomic E-state index is 0.299. The molecule has 1 heterocycles. The van der Waals surface area contributed by atoms with E-state index >= 15 is 0 Å². The minimum atomic E-state index is 0.299. The van der Waals surface area contributed by atoms with Crippen LogP contribution in [0.25, 0.3) is 0 Å². The van der Waals surface area contributed by atoms with Crippen molar-refractivity contribution in [2.75, 3.05) is 14.1 Å². The Kier molecular flexibility index (Phi) is 2.83. The zero-order valence-electron chi connectivity index (χ0n) is 8.07. The molecule has 0 amide bonds. The fourth-order valence-electron chi connectivity index (χ4n) is 1.26. The monoisotopic (exact) mass is 168 g/mol. The third kappa shape index (κ3) is 2.06. The molecule has 0 fully saturated rings. The summed E-state index contributed by atoms with van der Waals surface area (Å²) in [5, 5.41) is 6.05. The summed E-state index contributed by atoms with van der Waals surface area (Å²) in [4.78, 5) is 0. The maximum absolute atomic E-state index is 4.10. The van der Waals surface area contributed by atoms with Gasteiger partial charge in [0.2, 0.25) is 0 Å². The predicted octanol–water partition coefficient (Wildman–Crippen LogP) is 0.547. The molecule has 12 heavy (non-hydrogen) atoms. The number of aromatic nitrogens is 2. The number of hydrogen-bond acceptors (Lipinski definition) is 3. The van der Waals surface area contributed by atoms with Crippen molar-refractivity contribution in [3.8, 4) is 0 Å². The van der Waals surface area contributed by atoms with Crippen molar-refractivity contribution < 1.29 is 0 Å². The molecule has 1 aromatic rings. The maximum atomic E-state index is 4.10. The van der Waals surface area contributed by atoms with Gasteiger partial charge >= 0.3 is 0 Å². The normalized spacial score (nSPS) is 13.8. The van der Waals surface area contributed by atoms with Gasteiger partial charge in [0, 0.05) is 27.3 Å². The van der Waals surface area contributed by atoms with Crippen molar-refractivity contribution in [1.82, 2.24) is 20.2 Å². The number of nitrogens with zero attached hydrogens (tertiary/aromatic N) is 3. The summed E-state index contributed by atoms with van der Waals surface area (Å²) in [6, 6.07) is 2.31. The quantitative estimate of drug-likeness (QED) is 0.669. The minimum Gasteiger partial charge on any atom is -0.271 e. The standard InChI is InChI=1S/C8H16N4/c1-7(10-11(2)3)8-5-6-9-12(8)4/h5-7,10H,1-4H3. The lowest BCUT2D eigenvalue weighted by atomic mass is 10.2. The molecule has 68 valence electrons. The first-order valence-electron chi connectivity index (χ1n) is 4.02. The molecule has 0 radical (unpaired) electrons. The molecule has 0 saturated carbocycles. The number of hydrazine groups is 1. The maximum Gasteiger partial charge on any atom is 0.0605 e. The van der Waals surface area contributed by atoms with Crippen LogP contribution in [-0.2, 0) is 7.05 Å². The van der Waals surface area contributed by atoms with Gasteiger partial charge in [-0.25, -0.2) is 10.4 Å². The summed E-state index contributed by atoms with van der Waals surface area (Å²) >= 11 is 0. The van der Waals surface area contributed by atoms with Gasteiger partial charge < -0.3 is 0 Å². The Morgan fingerprint density at radius 3 is 2.67 bits per heavy atom. The van der Waals surface area contributed by atoms with Gasteiger partial charge in [0.15, 0.2) is 0 Å². The van der Waals surface area contributed by atoms with Crippen molar-refractivity contribution in [1.29, 1.82) is 0 Å². The van der Waals surface area contributed by atoms with E-state index in [0.29, 0.717) is 6.04 Å². The lowest BCUT2D eigenvalue weighted by Gasteiger charge is -2.19. The number of hydrogen-bond donors (Lipinski definition) is 1. The Morgan fingerprint density at radius 2 is 2.25 bits per heavy atom. The Bertz CT molecular complexity index is 241. The van der Waals surface area contributed by atoms with Gasteiger partial charge in [0.1, 0.15) is 0 Å². The SMILES string of the molecule is CC(NN(C)C)c1ccnn1C. The van der Waals surface area contributed by atoms with Gasteiger partial charge in [-0.15, -0.1) is 0 Å². The molecule has 0 saturated heterocycles. The van der Waals surface area contributed by atoms with Gasteiger partial charge in [-0.05, 0) is 13.0 Å². The molecule has 1 rings (SSSR count). The van der Waals surface area contributed by atoms with E-state index in [4.69, 9.17) is 0 Å². The van der Waals surface area contributed by atoms with Crippen molar-refractivity contribution in [2.45, 2.75) is 13.0 Å². The zero-order valence-corrected chi connectivity index (χ0v) is 8.07. The van der Waals surface area contributed by atoms with Crippen LogP contribution in [-0.4, -0.2) is 28.9 Å². The van der Waals surface area contributed by atoms with E-state index in [1.54, 1.807) is 0 Å². The summed E-state index contributed by atoms with van der Waals surface area (Å²) in [6.45, 7) is 2.11. The van der Waals surface area contributed by atoms with Crippen LogP contribution < -0.4 is 5.43 Å². The van der Waals surface area contributed by atoms with Crippen molar-refractivity contribution in [3.63, 3.8) is 0 Å². The topological polar surface area (TPSA) is 33.1 Å². The Hall–Kier alpha value is -0.870. The molecule has 0 aromatic carbocycles. The van der Waals surface area contributed by atoms with Gasteiger partial charge in [-0.3, -0.25) is 4.68 Å². The average Bonchev–Trinajstić information content (AvgIpc) is 2.33. The van der Waals surface area contributed by atoms with Crippen molar-refractivity contribution >= 4 is 0 Å². The van der Waals surface area contributed by atoms with Gasteiger partial charge in [0.05, 0.1) is 11.7 Å². The largest absolute Gasteiger partial charge is 0.271 e. The van der Waals surface area contributed by atoms with E-state index in [-0.39, 0.29) is 0 Å². The van der Waals surface area contributed by atoms with Crippen LogP contribution in [0.5, 0.6) is 0 Å². The fraction of sp³-hybridized carbons (Fsp3) is 0.625. The van der Waals surface area contributed by atoms with E-state index in [1.165, 1.54) is 5.69 Å². The van der Waals surface area contributed by atoms with Gasteiger partial charge in [-0.1, -0.05) is 0 Å². The first-order chi connectivity index (χ1) is 5.61. The Morgan fingerprint density at radius 1 is 1.58 bits per heavy atom. The summed E-state index contributed by atoms with van der Waals surface area (Å²) in [7, 11) is 5.91. The van der Waals surface area contributed by atoms with Crippen molar-refractivity contribution in [3.05, 3.63) is 18.0 Å². The highest BCUT2D eigenvalue weighted by Gasteiger charge is 2.08. The molecule has 4 nitrogen and oxygen atoms in total. The van der Waals surface area contributed by atoms with Crippen LogP contribution >= 0.6 is 0 Å². The first-order valence-corrected chi connectivity index (χ1v) is 4.02. The second-order valence-corrected chi connectivity index (χ2v) is 3.12. The van der Waals surface area contributed by atoms with Crippen LogP contribution in [0.1, 0.15) is 18.7 Å². The molecule has 0 aliphatic carbocycles. The lowest BCUT2D eigenvalue weighted by Crippen LogP contribution is -2.33. The van der Waals surface area contributed by atoms with Crippen molar-refractivity contribution in [2.24, 2.45) is 7.05 Å². The third-order valence-electron chi connectivity index (χ3n) is 1.75. The van der Waals surface area contributed by atoms with E-state index < -0.39 is 0 Å². The molecule has 1 atom stereocenters. The number of nitrogens with one attached hydrogen (secondary N) is 1. The second kappa shape index (κ2) is 3.69. The average molecular weight is 168 g/mol. The van der Waals surface area contributed by atoms with E-state index in [1.807, 2.05) is 43.1 Å². The number of aryl methyl sites for hydroxylation is 1. The molecule has 0 aliphatic rings. The Labute approximate surface area is 73.1 Å². The molecule has 0 aliphatic heterocycles. The van der Waals surface area contributed by atoms with E-state index in [2.05, 4.69) is 17.4 Å². The molecule has 1 unspecified atom stereocenters. The highest BCUT2D eigenvalue weighted by atomic mass is 15.5. The van der Waals surface area contributed by atoms with Crippen LogP contribution in [0, 0.1) is 0 Å². The smallest absolute Gasteiger partial charge is 0.0605 e. The predicted molar refractivity (Wildman–Crippen MR) is 48.4 cm³/mol. The molecule has 4 heteroatoms. The first kappa shape index (κ1) is 9.22. The summed E-state index contributed by atoms with van der Waals surface area (Å²) < 4.78 is 1.88. The zero-order chi connectivity index (χ0) is 9.14. The third-order valence-corrected chi connectivity index (χ3v) is 1.75. The fourth-order valence-corrected chi connectivity index (χ4v) is 1.26. The van der Waals surface area contributed by atoms with Crippen LogP contribution in [0.2, 0.25) is 0 Å². The van der Waals surface area contributed by atoms with E-state index in [0.717, 1.165) is 0 Å². The van der Waals surface area contributed by atoms with Gasteiger partial charge in [-0.2, -0.15) is 5.10 Å². The molecule has 0 bridgehead atoms.